The van der Waals surface area contributed by atoms with E-state index in [2.05, 4.69) is 32.4 Å². The molecule has 2 N–H and O–H groups in total. The SMILES string of the molecule is Cc1nc(N2CCCC2)ccc1NC(=O)NC[C@@H](C)c1nccs1. The highest BCUT2D eigenvalue weighted by atomic mass is 32.1. The zero-order valence-electron chi connectivity index (χ0n) is 14.1. The van der Waals surface area contributed by atoms with Gasteiger partial charge in [-0.05, 0) is 31.9 Å². The van der Waals surface area contributed by atoms with E-state index in [1.54, 1.807) is 17.5 Å². The van der Waals surface area contributed by atoms with Crippen LogP contribution < -0.4 is 15.5 Å². The topological polar surface area (TPSA) is 70.2 Å². The highest BCUT2D eigenvalue weighted by Crippen LogP contribution is 2.22. The molecule has 2 amide bonds. The van der Waals surface area contributed by atoms with Crippen LogP contribution in [0.3, 0.4) is 0 Å². The molecule has 1 atom stereocenters. The Hall–Kier alpha value is -2.15. The Bertz CT molecular complexity index is 682. The highest BCUT2D eigenvalue weighted by molar-refractivity contribution is 7.09. The van der Waals surface area contributed by atoms with E-state index >= 15 is 0 Å². The molecule has 6 nitrogen and oxygen atoms in total. The van der Waals surface area contributed by atoms with Gasteiger partial charge < -0.3 is 15.5 Å². The molecular formula is C17H23N5OS. The van der Waals surface area contributed by atoms with Gasteiger partial charge in [0, 0.05) is 37.1 Å². The van der Waals surface area contributed by atoms with Gasteiger partial charge in [0.1, 0.15) is 5.82 Å². The summed E-state index contributed by atoms with van der Waals surface area (Å²) in [7, 11) is 0. The van der Waals surface area contributed by atoms with Crippen molar-refractivity contribution in [2.75, 3.05) is 29.9 Å². The number of carbonyl (C=O) groups is 1. The fourth-order valence-electron chi connectivity index (χ4n) is 2.78. The Labute approximate surface area is 146 Å². The first kappa shape index (κ1) is 16.7. The van der Waals surface area contributed by atoms with Crippen LogP contribution in [0.25, 0.3) is 0 Å². The number of urea groups is 1. The molecule has 24 heavy (non-hydrogen) atoms. The van der Waals surface area contributed by atoms with Crippen molar-refractivity contribution in [3.8, 4) is 0 Å². The summed E-state index contributed by atoms with van der Waals surface area (Å²) in [5, 5.41) is 8.75. The molecule has 3 heterocycles. The predicted molar refractivity (Wildman–Crippen MR) is 98.0 cm³/mol. The summed E-state index contributed by atoms with van der Waals surface area (Å²) in [6, 6.07) is 3.70. The van der Waals surface area contributed by atoms with Gasteiger partial charge in [-0.15, -0.1) is 11.3 Å². The van der Waals surface area contributed by atoms with Crippen molar-refractivity contribution >= 4 is 28.9 Å². The molecule has 0 aromatic carbocycles. The van der Waals surface area contributed by atoms with E-state index in [-0.39, 0.29) is 11.9 Å². The summed E-state index contributed by atoms with van der Waals surface area (Å²) in [6.07, 6.45) is 4.23. The van der Waals surface area contributed by atoms with Crippen molar-refractivity contribution < 1.29 is 4.79 Å². The van der Waals surface area contributed by atoms with Gasteiger partial charge in [0.15, 0.2) is 0 Å². The monoisotopic (exact) mass is 345 g/mol. The quantitative estimate of drug-likeness (QED) is 0.872. The maximum atomic E-state index is 12.1. The number of pyridine rings is 1. The molecule has 0 radical (unpaired) electrons. The Morgan fingerprint density at radius 1 is 1.38 bits per heavy atom. The van der Waals surface area contributed by atoms with Gasteiger partial charge in [0.2, 0.25) is 0 Å². The molecule has 0 aliphatic carbocycles. The number of aryl methyl sites for hydroxylation is 1. The number of amides is 2. The minimum Gasteiger partial charge on any atom is -0.357 e. The van der Waals surface area contributed by atoms with Crippen LogP contribution in [0.15, 0.2) is 23.7 Å². The first-order valence-electron chi connectivity index (χ1n) is 8.30. The van der Waals surface area contributed by atoms with E-state index in [4.69, 9.17) is 0 Å². The Kier molecular flexibility index (Phi) is 5.30. The number of anilines is 2. The lowest BCUT2D eigenvalue weighted by molar-refractivity contribution is 0.251. The number of thiazole rings is 1. The van der Waals surface area contributed by atoms with Crippen LogP contribution in [0.2, 0.25) is 0 Å². The number of nitrogens with zero attached hydrogens (tertiary/aromatic N) is 3. The van der Waals surface area contributed by atoms with Gasteiger partial charge in [-0.3, -0.25) is 0 Å². The molecular weight excluding hydrogens is 322 g/mol. The van der Waals surface area contributed by atoms with Gasteiger partial charge in [-0.1, -0.05) is 6.92 Å². The van der Waals surface area contributed by atoms with Crippen molar-refractivity contribution in [3.63, 3.8) is 0 Å². The number of nitrogens with one attached hydrogen (secondary N) is 2. The van der Waals surface area contributed by atoms with E-state index in [0.29, 0.717) is 6.54 Å². The molecule has 128 valence electrons. The first-order valence-corrected chi connectivity index (χ1v) is 9.18. The minimum absolute atomic E-state index is 0.201. The second kappa shape index (κ2) is 7.61. The summed E-state index contributed by atoms with van der Waals surface area (Å²) in [6.45, 7) is 6.66. The van der Waals surface area contributed by atoms with E-state index < -0.39 is 0 Å². The van der Waals surface area contributed by atoms with Crippen LogP contribution in [0.5, 0.6) is 0 Å². The van der Waals surface area contributed by atoms with E-state index in [9.17, 15) is 4.79 Å². The molecule has 3 rings (SSSR count). The maximum absolute atomic E-state index is 12.1. The second-order valence-corrected chi connectivity index (χ2v) is 7.03. The van der Waals surface area contributed by atoms with Crippen LogP contribution >= 0.6 is 11.3 Å². The molecule has 1 saturated heterocycles. The largest absolute Gasteiger partial charge is 0.357 e. The lowest BCUT2D eigenvalue weighted by Crippen LogP contribution is -2.32. The number of aromatic nitrogens is 2. The van der Waals surface area contributed by atoms with Gasteiger partial charge in [0.25, 0.3) is 0 Å². The van der Waals surface area contributed by atoms with Gasteiger partial charge in [0.05, 0.1) is 16.4 Å². The maximum Gasteiger partial charge on any atom is 0.319 e. The lowest BCUT2D eigenvalue weighted by Gasteiger charge is -2.18. The summed E-state index contributed by atoms with van der Waals surface area (Å²) >= 11 is 1.61. The second-order valence-electron chi connectivity index (χ2n) is 6.10. The van der Waals surface area contributed by atoms with Crippen LogP contribution in [0.4, 0.5) is 16.3 Å². The summed E-state index contributed by atoms with van der Waals surface area (Å²) in [4.78, 5) is 23.3. The normalized spacial score (nSPS) is 15.3. The molecule has 1 aliphatic rings. The van der Waals surface area contributed by atoms with Crippen LogP contribution in [0, 0.1) is 6.92 Å². The molecule has 7 heteroatoms. The third-order valence-electron chi connectivity index (χ3n) is 4.19. The highest BCUT2D eigenvalue weighted by Gasteiger charge is 2.15. The number of rotatable bonds is 5. The molecule has 0 saturated carbocycles. The summed E-state index contributed by atoms with van der Waals surface area (Å²) in [5.74, 6) is 1.20. The molecule has 1 fully saturated rings. The fraction of sp³-hybridized carbons (Fsp3) is 0.471. The van der Waals surface area contributed by atoms with Gasteiger partial charge in [-0.2, -0.15) is 0 Å². The standard InChI is InChI=1S/C17H23N5OS/c1-12(16-18-7-10-24-16)11-19-17(23)21-14-5-6-15(20-13(14)2)22-8-3-4-9-22/h5-7,10,12H,3-4,8-9,11H2,1-2H3,(H2,19,21,23)/t12-/m1/s1. The van der Waals surface area contributed by atoms with E-state index in [1.807, 2.05) is 24.4 Å². The Morgan fingerprint density at radius 3 is 2.83 bits per heavy atom. The zero-order chi connectivity index (χ0) is 16.9. The Morgan fingerprint density at radius 2 is 2.17 bits per heavy atom. The molecule has 0 unspecified atom stereocenters. The first-order chi connectivity index (χ1) is 11.6. The van der Waals surface area contributed by atoms with Crippen molar-refractivity contribution in [1.29, 1.82) is 0 Å². The molecule has 2 aromatic rings. The van der Waals surface area contributed by atoms with E-state index in [0.717, 1.165) is 35.3 Å². The summed E-state index contributed by atoms with van der Waals surface area (Å²) < 4.78 is 0. The zero-order valence-corrected chi connectivity index (χ0v) is 14.9. The van der Waals surface area contributed by atoms with E-state index in [1.165, 1.54) is 12.8 Å². The lowest BCUT2D eigenvalue weighted by atomic mass is 10.2. The molecule has 1 aliphatic heterocycles. The van der Waals surface area contributed by atoms with Crippen molar-refractivity contribution in [1.82, 2.24) is 15.3 Å². The smallest absolute Gasteiger partial charge is 0.319 e. The van der Waals surface area contributed by atoms with Crippen molar-refractivity contribution in [2.45, 2.75) is 32.6 Å². The fourth-order valence-corrected chi connectivity index (χ4v) is 3.48. The molecule has 2 aromatic heterocycles. The van der Waals surface area contributed by atoms with Gasteiger partial charge >= 0.3 is 6.03 Å². The minimum atomic E-state index is -0.211. The van der Waals surface area contributed by atoms with Crippen molar-refractivity contribution in [3.05, 3.63) is 34.4 Å². The van der Waals surface area contributed by atoms with Crippen LogP contribution in [-0.2, 0) is 0 Å². The Balaban J connectivity index is 1.54. The molecule has 0 spiro atoms. The average molecular weight is 345 g/mol. The van der Waals surface area contributed by atoms with Crippen LogP contribution in [-0.4, -0.2) is 35.6 Å². The van der Waals surface area contributed by atoms with Crippen LogP contribution in [0.1, 0.15) is 36.4 Å². The van der Waals surface area contributed by atoms with Crippen molar-refractivity contribution in [2.24, 2.45) is 0 Å². The van der Waals surface area contributed by atoms with Gasteiger partial charge in [-0.25, -0.2) is 14.8 Å². The number of carbonyl (C=O) groups excluding carboxylic acids is 1. The predicted octanol–water partition coefficient (Wildman–Crippen LogP) is 3.37. The third-order valence-corrected chi connectivity index (χ3v) is 5.20. The third kappa shape index (κ3) is 4.03. The average Bonchev–Trinajstić information content (AvgIpc) is 3.27. The summed E-state index contributed by atoms with van der Waals surface area (Å²) in [5.41, 5.74) is 1.58. The number of hydrogen-bond donors (Lipinski definition) is 2. The molecule has 0 bridgehead atoms. The number of hydrogen-bond acceptors (Lipinski definition) is 5.